The maximum absolute atomic E-state index is 13.5. The molecule has 4 bridgehead atoms. The maximum atomic E-state index is 13.5. The van der Waals surface area contributed by atoms with Crippen molar-refractivity contribution >= 4 is 6.09 Å². The third-order valence-electron chi connectivity index (χ3n) is 7.81. The summed E-state index contributed by atoms with van der Waals surface area (Å²) in [5.41, 5.74) is 2.21. The Morgan fingerprint density at radius 1 is 1.33 bits per heavy atom. The Bertz CT molecular complexity index is 841. The predicted molar refractivity (Wildman–Crippen MR) is 120 cm³/mol. The van der Waals surface area contributed by atoms with Gasteiger partial charge in [-0.15, -0.1) is 6.58 Å². The van der Waals surface area contributed by atoms with Gasteiger partial charge in [-0.05, 0) is 87.5 Å². The number of hydrogen-bond donors (Lipinski definition) is 0. The van der Waals surface area contributed by atoms with Crippen LogP contribution in [0.4, 0.5) is 4.79 Å². The number of aryl methyl sites for hydroxylation is 1. The van der Waals surface area contributed by atoms with E-state index in [1.807, 2.05) is 26.8 Å². The highest BCUT2D eigenvalue weighted by Crippen LogP contribution is 2.67. The molecular formula is C26H37NO3. The number of fused-ring (bicyclic) bond motifs is 2. The number of hydrogen-bond acceptors (Lipinski definition) is 3. The first kappa shape index (κ1) is 21.3. The molecule has 1 heterocycles. The molecule has 0 N–H and O–H groups in total. The highest BCUT2D eigenvalue weighted by molar-refractivity contribution is 5.70. The highest BCUT2D eigenvalue weighted by Gasteiger charge is 2.62. The standard InChI is InChI=1S/C26H37NO3/c1-7-13-26-15-8-14-25(5)17-27(23(28)30-24(2,3)4)22(26)20-11-10-19(29-6)16-18(20)9-12-21(25)26/h7,10-11,16,21-22H,1,8-9,12-15,17H2,2-6H3. The van der Waals surface area contributed by atoms with Crippen LogP contribution in [0.1, 0.15) is 77.0 Å². The SMILES string of the molecule is C=CCC12CCCC3(C)CN(C(=O)OC(C)(C)C)C1c1ccc(OC)cc1CCC32. The Labute approximate surface area is 181 Å². The molecule has 2 fully saturated rings. The van der Waals surface area contributed by atoms with Crippen molar-refractivity contribution < 1.29 is 14.3 Å². The molecule has 0 aromatic heterocycles. The lowest BCUT2D eigenvalue weighted by Crippen LogP contribution is -2.62. The van der Waals surface area contributed by atoms with Crippen LogP contribution < -0.4 is 4.74 Å². The van der Waals surface area contributed by atoms with E-state index in [1.165, 1.54) is 24.0 Å². The van der Waals surface area contributed by atoms with Crippen LogP contribution in [0, 0.1) is 16.7 Å². The van der Waals surface area contributed by atoms with Gasteiger partial charge in [-0.2, -0.15) is 0 Å². The minimum atomic E-state index is -0.511. The van der Waals surface area contributed by atoms with Crippen LogP contribution in [-0.2, 0) is 11.2 Å². The lowest BCUT2D eigenvalue weighted by atomic mass is 9.48. The maximum Gasteiger partial charge on any atom is 0.410 e. The first-order chi connectivity index (χ1) is 14.1. The summed E-state index contributed by atoms with van der Waals surface area (Å²) in [6, 6.07) is 6.44. The van der Waals surface area contributed by atoms with Gasteiger partial charge >= 0.3 is 6.09 Å². The molecule has 4 nitrogen and oxygen atoms in total. The number of methoxy groups -OCH3 is 1. The fourth-order valence-electron chi connectivity index (χ4n) is 6.89. The summed E-state index contributed by atoms with van der Waals surface area (Å²) in [5, 5.41) is 0. The van der Waals surface area contributed by atoms with Crippen LogP contribution in [0.25, 0.3) is 0 Å². The van der Waals surface area contributed by atoms with Gasteiger partial charge in [0, 0.05) is 12.0 Å². The number of amides is 1. The van der Waals surface area contributed by atoms with Gasteiger partial charge < -0.3 is 14.4 Å². The van der Waals surface area contributed by atoms with Gasteiger partial charge in [-0.3, -0.25) is 0 Å². The second-order valence-corrected chi connectivity index (χ2v) is 10.9. The number of benzene rings is 1. The van der Waals surface area contributed by atoms with Crippen LogP contribution in [-0.4, -0.2) is 30.2 Å². The monoisotopic (exact) mass is 411 g/mol. The van der Waals surface area contributed by atoms with E-state index >= 15 is 0 Å². The van der Waals surface area contributed by atoms with Gasteiger partial charge in [0.15, 0.2) is 0 Å². The van der Waals surface area contributed by atoms with Crippen LogP contribution in [0.3, 0.4) is 0 Å². The van der Waals surface area contributed by atoms with Crippen molar-refractivity contribution in [3.8, 4) is 5.75 Å². The molecule has 1 aliphatic heterocycles. The smallest absolute Gasteiger partial charge is 0.410 e. The van der Waals surface area contributed by atoms with Gasteiger partial charge in [0.05, 0.1) is 13.2 Å². The van der Waals surface area contributed by atoms with Crippen LogP contribution >= 0.6 is 0 Å². The van der Waals surface area contributed by atoms with Crippen molar-refractivity contribution in [1.29, 1.82) is 0 Å². The molecule has 164 valence electrons. The number of carbonyl (C=O) groups is 1. The van der Waals surface area contributed by atoms with Gasteiger partial charge in [0.2, 0.25) is 0 Å². The number of carbonyl (C=O) groups excluding carboxylic acids is 1. The zero-order valence-corrected chi connectivity index (χ0v) is 19.3. The molecule has 30 heavy (non-hydrogen) atoms. The third-order valence-corrected chi connectivity index (χ3v) is 7.81. The van der Waals surface area contributed by atoms with Gasteiger partial charge in [-0.1, -0.05) is 25.5 Å². The van der Waals surface area contributed by atoms with E-state index < -0.39 is 5.60 Å². The summed E-state index contributed by atoms with van der Waals surface area (Å²) in [5.74, 6) is 1.46. The van der Waals surface area contributed by atoms with Crippen molar-refractivity contribution in [3.05, 3.63) is 42.0 Å². The first-order valence-corrected chi connectivity index (χ1v) is 11.4. The average Bonchev–Trinajstić information content (AvgIpc) is 2.75. The molecule has 2 aliphatic carbocycles. The van der Waals surface area contributed by atoms with E-state index in [1.54, 1.807) is 7.11 Å². The molecule has 1 saturated carbocycles. The second-order valence-electron chi connectivity index (χ2n) is 10.9. The van der Waals surface area contributed by atoms with Gasteiger partial charge in [-0.25, -0.2) is 4.79 Å². The summed E-state index contributed by atoms with van der Waals surface area (Å²) in [6.07, 6.45) is 8.54. The molecule has 1 amide bonds. The van der Waals surface area contributed by atoms with Crippen molar-refractivity contribution in [3.63, 3.8) is 0 Å². The summed E-state index contributed by atoms with van der Waals surface area (Å²) in [4.78, 5) is 15.6. The molecule has 4 rings (SSSR count). The molecule has 0 radical (unpaired) electrons. The molecule has 3 aliphatic rings. The Hall–Kier alpha value is -1.97. The van der Waals surface area contributed by atoms with E-state index in [0.717, 1.165) is 38.0 Å². The fourth-order valence-corrected chi connectivity index (χ4v) is 6.89. The molecule has 1 aromatic rings. The Balaban J connectivity index is 1.90. The molecule has 1 saturated heterocycles. The van der Waals surface area contributed by atoms with E-state index in [-0.39, 0.29) is 23.0 Å². The molecule has 1 aromatic carbocycles. The molecule has 4 unspecified atom stereocenters. The zero-order valence-electron chi connectivity index (χ0n) is 19.3. The van der Waals surface area contributed by atoms with E-state index in [0.29, 0.717) is 5.92 Å². The summed E-state index contributed by atoms with van der Waals surface area (Å²) < 4.78 is 11.5. The Kier molecular flexibility index (Phi) is 5.19. The average molecular weight is 412 g/mol. The summed E-state index contributed by atoms with van der Waals surface area (Å²) in [6.45, 7) is 13.2. The lowest BCUT2D eigenvalue weighted by molar-refractivity contribution is -0.144. The van der Waals surface area contributed by atoms with E-state index in [2.05, 4.69) is 36.6 Å². The van der Waals surface area contributed by atoms with Crippen molar-refractivity contribution in [2.75, 3.05) is 13.7 Å². The Morgan fingerprint density at radius 3 is 2.77 bits per heavy atom. The number of allylic oxidation sites excluding steroid dienone is 1. The quantitative estimate of drug-likeness (QED) is 0.548. The zero-order chi connectivity index (χ0) is 21.7. The van der Waals surface area contributed by atoms with Crippen LogP contribution in [0.15, 0.2) is 30.9 Å². The number of likely N-dealkylation sites (tertiary alicyclic amines) is 1. The normalized spacial score (nSPS) is 32.6. The molecular weight excluding hydrogens is 374 g/mol. The van der Waals surface area contributed by atoms with E-state index in [4.69, 9.17) is 9.47 Å². The van der Waals surface area contributed by atoms with Crippen molar-refractivity contribution in [1.82, 2.24) is 4.90 Å². The van der Waals surface area contributed by atoms with Crippen molar-refractivity contribution in [2.45, 2.75) is 77.9 Å². The summed E-state index contributed by atoms with van der Waals surface area (Å²) >= 11 is 0. The lowest BCUT2D eigenvalue weighted by Gasteiger charge is -2.63. The third kappa shape index (κ3) is 3.33. The molecule has 4 heteroatoms. The minimum Gasteiger partial charge on any atom is -0.497 e. The van der Waals surface area contributed by atoms with Gasteiger partial charge in [0.25, 0.3) is 0 Å². The topological polar surface area (TPSA) is 38.8 Å². The van der Waals surface area contributed by atoms with Crippen LogP contribution in [0.2, 0.25) is 0 Å². The first-order valence-electron chi connectivity index (χ1n) is 11.4. The van der Waals surface area contributed by atoms with Crippen molar-refractivity contribution in [2.24, 2.45) is 16.7 Å². The summed E-state index contributed by atoms with van der Waals surface area (Å²) in [7, 11) is 1.72. The number of piperidine rings is 1. The Morgan fingerprint density at radius 2 is 2.10 bits per heavy atom. The molecule has 4 atom stereocenters. The predicted octanol–water partition coefficient (Wildman–Crippen LogP) is 6.30. The number of nitrogens with zero attached hydrogens (tertiary/aromatic N) is 1. The minimum absolute atomic E-state index is 0.0176. The molecule has 0 spiro atoms. The van der Waals surface area contributed by atoms with E-state index in [9.17, 15) is 4.79 Å². The number of ether oxygens (including phenoxy) is 2. The highest BCUT2D eigenvalue weighted by atomic mass is 16.6. The van der Waals surface area contributed by atoms with Crippen LogP contribution in [0.5, 0.6) is 5.75 Å². The second kappa shape index (κ2) is 7.32. The van der Waals surface area contributed by atoms with Gasteiger partial charge in [0.1, 0.15) is 11.4 Å². The largest absolute Gasteiger partial charge is 0.497 e. The fraction of sp³-hybridized carbons (Fsp3) is 0.654. The number of rotatable bonds is 3.